The number of aliphatic hydroxyl groups is 2. The van der Waals surface area contributed by atoms with Gasteiger partial charge in [0.2, 0.25) is 0 Å². The Kier molecular flexibility index (Phi) is 9.31. The Morgan fingerprint density at radius 2 is 2.14 bits per heavy atom. The molecule has 1 unspecified atom stereocenters. The minimum Gasteiger partial charge on any atom is -0.469 e. The zero-order valence-electron chi connectivity index (χ0n) is 16.8. The van der Waals surface area contributed by atoms with Gasteiger partial charge in [0.25, 0.3) is 0 Å². The maximum atomic E-state index is 15.0. The lowest BCUT2D eigenvalue weighted by Crippen LogP contribution is -2.31. The molecule has 2 N–H and O–H groups in total. The Labute approximate surface area is 166 Å². The second kappa shape index (κ2) is 11.2. The number of allylic oxidation sites excluding steroid dienone is 1. The molecule has 1 aliphatic heterocycles. The van der Waals surface area contributed by atoms with Crippen LogP contribution in [0.25, 0.3) is 0 Å². The summed E-state index contributed by atoms with van der Waals surface area (Å²) in [5, 5.41) is 20.3. The summed E-state index contributed by atoms with van der Waals surface area (Å²) in [7, 11) is 1.32. The molecule has 1 heterocycles. The van der Waals surface area contributed by atoms with Crippen molar-refractivity contribution in [3.8, 4) is 0 Å². The summed E-state index contributed by atoms with van der Waals surface area (Å²) >= 11 is 0. The zero-order chi connectivity index (χ0) is 20.7. The number of hydrogen-bond acceptors (Lipinski definition) is 5. The van der Waals surface area contributed by atoms with Crippen molar-refractivity contribution in [2.75, 3.05) is 7.11 Å². The summed E-state index contributed by atoms with van der Waals surface area (Å²) in [5.74, 6) is -1.12. The van der Waals surface area contributed by atoms with E-state index < -0.39 is 36.6 Å². The van der Waals surface area contributed by atoms with Crippen molar-refractivity contribution < 1.29 is 33.3 Å². The fourth-order valence-electron chi connectivity index (χ4n) is 4.39. The van der Waals surface area contributed by atoms with Crippen molar-refractivity contribution >= 4 is 5.97 Å². The molecule has 2 rings (SSSR count). The molecule has 7 heteroatoms. The SMILES string of the molecule is CCCC[C@H](F)[C@H](O)CC[C@@H]1[C@@H]2[C@H](C[C@H]1O)OC(/C=C/CCC(=O)OC)[C@@H]2F. The van der Waals surface area contributed by atoms with Gasteiger partial charge in [-0.05, 0) is 31.6 Å². The zero-order valence-corrected chi connectivity index (χ0v) is 16.8. The summed E-state index contributed by atoms with van der Waals surface area (Å²) < 4.78 is 39.2. The first-order chi connectivity index (χ1) is 13.4. The lowest BCUT2D eigenvalue weighted by molar-refractivity contribution is -0.140. The lowest BCUT2D eigenvalue weighted by atomic mass is 9.84. The van der Waals surface area contributed by atoms with E-state index in [1.807, 2.05) is 6.92 Å². The fourth-order valence-corrected chi connectivity index (χ4v) is 4.39. The molecule has 28 heavy (non-hydrogen) atoms. The maximum absolute atomic E-state index is 15.0. The summed E-state index contributed by atoms with van der Waals surface area (Å²) in [5.41, 5.74) is 0. The van der Waals surface area contributed by atoms with Crippen molar-refractivity contribution in [3.05, 3.63) is 12.2 Å². The number of hydrogen-bond donors (Lipinski definition) is 2. The van der Waals surface area contributed by atoms with Crippen molar-refractivity contribution in [1.82, 2.24) is 0 Å². The molecule has 8 atom stereocenters. The van der Waals surface area contributed by atoms with Crippen LogP contribution in [-0.2, 0) is 14.3 Å². The second-order valence-corrected chi connectivity index (χ2v) is 7.97. The van der Waals surface area contributed by atoms with Crippen LogP contribution in [-0.4, -0.2) is 60.1 Å². The van der Waals surface area contributed by atoms with Gasteiger partial charge < -0.3 is 19.7 Å². The standard InChI is InChI=1S/C21H34F2O5/c1-3-4-7-14(22)15(24)11-10-13-16(25)12-18-20(13)21(23)17(28-18)8-5-6-9-19(26)27-2/h5,8,13-18,20-21,24-25H,3-4,6-7,9-12H2,1-2H3/b8-5+/t13-,14-,15+,16+,17?,18-,20+,21-/m0/s1. The van der Waals surface area contributed by atoms with E-state index in [0.29, 0.717) is 25.7 Å². The van der Waals surface area contributed by atoms with Gasteiger partial charge in [0.05, 0.1) is 25.4 Å². The third kappa shape index (κ3) is 5.97. The van der Waals surface area contributed by atoms with Gasteiger partial charge in [-0.25, -0.2) is 8.78 Å². The highest BCUT2D eigenvalue weighted by Gasteiger charge is 2.54. The first-order valence-electron chi connectivity index (χ1n) is 10.4. The molecule has 2 fully saturated rings. The minimum atomic E-state index is -1.28. The number of alkyl halides is 2. The quantitative estimate of drug-likeness (QED) is 0.408. The number of rotatable bonds is 11. The van der Waals surface area contributed by atoms with Gasteiger partial charge in [-0.3, -0.25) is 4.79 Å². The van der Waals surface area contributed by atoms with Crippen LogP contribution in [0.5, 0.6) is 0 Å². The maximum Gasteiger partial charge on any atom is 0.305 e. The average molecular weight is 404 g/mol. The van der Waals surface area contributed by atoms with Crippen molar-refractivity contribution in [2.45, 2.75) is 95.0 Å². The number of methoxy groups -OCH3 is 1. The fraction of sp³-hybridized carbons (Fsp3) is 0.857. The summed E-state index contributed by atoms with van der Waals surface area (Å²) in [6, 6.07) is 0. The van der Waals surface area contributed by atoms with Crippen LogP contribution < -0.4 is 0 Å². The summed E-state index contributed by atoms with van der Waals surface area (Å²) in [6.45, 7) is 1.97. The number of carbonyl (C=O) groups excluding carboxylic acids is 1. The van der Waals surface area contributed by atoms with Crippen LogP contribution in [0.4, 0.5) is 8.78 Å². The van der Waals surface area contributed by atoms with Gasteiger partial charge in [-0.2, -0.15) is 0 Å². The Morgan fingerprint density at radius 1 is 1.39 bits per heavy atom. The molecule has 0 radical (unpaired) electrons. The molecule has 0 aromatic carbocycles. The Morgan fingerprint density at radius 3 is 2.82 bits per heavy atom. The van der Waals surface area contributed by atoms with Gasteiger partial charge in [-0.15, -0.1) is 0 Å². The molecule has 0 aromatic heterocycles. The molecule has 1 aliphatic carbocycles. The van der Waals surface area contributed by atoms with Gasteiger partial charge in [0, 0.05) is 18.8 Å². The van der Waals surface area contributed by atoms with Crippen molar-refractivity contribution in [3.63, 3.8) is 0 Å². The van der Waals surface area contributed by atoms with Crippen LogP contribution in [0, 0.1) is 11.8 Å². The highest BCUT2D eigenvalue weighted by atomic mass is 19.1. The van der Waals surface area contributed by atoms with Gasteiger partial charge >= 0.3 is 5.97 Å². The molecule has 5 nitrogen and oxygen atoms in total. The molecule has 0 amide bonds. The highest BCUT2D eigenvalue weighted by Crippen LogP contribution is 2.47. The molecular formula is C21H34F2O5. The molecular weight excluding hydrogens is 370 g/mol. The first kappa shape index (κ1) is 23.2. The molecule has 162 valence electrons. The van der Waals surface area contributed by atoms with E-state index in [0.717, 1.165) is 12.8 Å². The Bertz CT molecular complexity index is 515. The lowest BCUT2D eigenvalue weighted by Gasteiger charge is -2.25. The number of carbonyl (C=O) groups is 1. The Hall–Kier alpha value is -1.05. The number of ether oxygens (including phenoxy) is 2. The highest BCUT2D eigenvalue weighted by molar-refractivity contribution is 5.69. The van der Waals surface area contributed by atoms with E-state index in [9.17, 15) is 23.8 Å². The molecule has 1 saturated heterocycles. The smallest absolute Gasteiger partial charge is 0.305 e. The topological polar surface area (TPSA) is 76.0 Å². The van der Waals surface area contributed by atoms with Crippen molar-refractivity contribution in [1.29, 1.82) is 0 Å². The normalized spacial score (nSPS) is 34.5. The molecule has 2 aliphatic rings. The molecule has 0 spiro atoms. The second-order valence-electron chi connectivity index (χ2n) is 7.97. The number of aliphatic hydroxyl groups excluding tert-OH is 2. The first-order valence-corrected chi connectivity index (χ1v) is 10.4. The largest absolute Gasteiger partial charge is 0.469 e. The number of halogens is 2. The third-order valence-electron chi connectivity index (χ3n) is 6.02. The van der Waals surface area contributed by atoms with Crippen molar-refractivity contribution in [2.24, 2.45) is 11.8 Å². The van der Waals surface area contributed by atoms with E-state index in [1.54, 1.807) is 12.2 Å². The van der Waals surface area contributed by atoms with Gasteiger partial charge in [-0.1, -0.05) is 31.9 Å². The monoisotopic (exact) mass is 404 g/mol. The molecule has 0 aromatic rings. The number of unbranched alkanes of at least 4 members (excludes halogenated alkanes) is 1. The van der Waals surface area contributed by atoms with Crippen LogP contribution in [0.3, 0.4) is 0 Å². The Balaban J connectivity index is 1.85. The number of fused-ring (bicyclic) bond motifs is 1. The minimum absolute atomic E-state index is 0.210. The predicted octanol–water partition coefficient (Wildman–Crippen LogP) is 3.27. The summed E-state index contributed by atoms with van der Waals surface area (Å²) in [4.78, 5) is 11.1. The average Bonchev–Trinajstić information content (AvgIpc) is 3.15. The van der Waals surface area contributed by atoms with E-state index in [4.69, 9.17) is 4.74 Å². The predicted molar refractivity (Wildman–Crippen MR) is 101 cm³/mol. The van der Waals surface area contributed by atoms with Crippen LogP contribution >= 0.6 is 0 Å². The van der Waals surface area contributed by atoms with E-state index in [2.05, 4.69) is 4.74 Å². The summed E-state index contributed by atoms with van der Waals surface area (Å²) in [6.07, 6.45) is 1.48. The number of esters is 1. The molecule has 1 saturated carbocycles. The third-order valence-corrected chi connectivity index (χ3v) is 6.02. The van der Waals surface area contributed by atoms with Gasteiger partial charge in [0.1, 0.15) is 18.4 Å². The van der Waals surface area contributed by atoms with Gasteiger partial charge in [0.15, 0.2) is 0 Å². The van der Waals surface area contributed by atoms with Crippen LogP contribution in [0.2, 0.25) is 0 Å². The van der Waals surface area contributed by atoms with E-state index in [-0.39, 0.29) is 30.8 Å². The van der Waals surface area contributed by atoms with Crippen LogP contribution in [0.15, 0.2) is 12.2 Å². The van der Waals surface area contributed by atoms with Crippen LogP contribution in [0.1, 0.15) is 58.3 Å². The molecule has 0 bridgehead atoms. The van der Waals surface area contributed by atoms with E-state index in [1.165, 1.54) is 7.11 Å². The van der Waals surface area contributed by atoms with E-state index >= 15 is 0 Å².